The lowest BCUT2D eigenvalue weighted by Crippen LogP contribution is -2.32. The molecule has 0 amide bonds. The average molecular weight is 482 g/mol. The van der Waals surface area contributed by atoms with Gasteiger partial charge in [-0.25, -0.2) is 0 Å². The number of likely N-dealkylation sites (tertiary alicyclic amines) is 1. The van der Waals surface area contributed by atoms with Gasteiger partial charge in [-0.3, -0.25) is 4.79 Å². The van der Waals surface area contributed by atoms with Crippen LogP contribution in [0.3, 0.4) is 0 Å². The van der Waals surface area contributed by atoms with Crippen molar-refractivity contribution in [3.05, 3.63) is 94.1 Å². The molecule has 0 atom stereocenters. The minimum absolute atomic E-state index is 0.156. The Bertz CT molecular complexity index is 1250. The summed E-state index contributed by atoms with van der Waals surface area (Å²) in [6.07, 6.45) is 15.0. The Morgan fingerprint density at radius 2 is 1.72 bits per heavy atom. The van der Waals surface area contributed by atoms with Crippen LogP contribution in [0.25, 0.3) is 11.6 Å². The molecular weight excluding hydrogens is 446 g/mol. The van der Waals surface area contributed by atoms with E-state index in [1.165, 1.54) is 27.8 Å². The number of methoxy groups -OCH3 is 2. The third-order valence-corrected chi connectivity index (χ3v) is 7.58. The zero-order chi connectivity index (χ0) is 24.9. The quantitative estimate of drug-likeness (QED) is 0.404. The van der Waals surface area contributed by atoms with Crippen molar-refractivity contribution in [3.63, 3.8) is 0 Å². The van der Waals surface area contributed by atoms with Crippen molar-refractivity contribution in [2.75, 3.05) is 33.9 Å². The largest absolute Gasteiger partial charge is 0.493 e. The number of carbonyl (C=O) groups excluding carboxylic acids is 1. The molecule has 0 saturated carbocycles. The first-order chi connectivity index (χ1) is 17.7. The Hall–Kier alpha value is -3.37. The molecule has 2 aromatic rings. The summed E-state index contributed by atoms with van der Waals surface area (Å²) in [5, 5.41) is 0. The second-order valence-electron chi connectivity index (χ2n) is 9.71. The van der Waals surface area contributed by atoms with E-state index in [0.717, 1.165) is 51.7 Å². The minimum atomic E-state index is 0.156. The van der Waals surface area contributed by atoms with Crippen molar-refractivity contribution in [1.82, 2.24) is 4.90 Å². The van der Waals surface area contributed by atoms with Gasteiger partial charge < -0.3 is 14.4 Å². The highest BCUT2D eigenvalue weighted by Gasteiger charge is 2.24. The van der Waals surface area contributed by atoms with Crippen LogP contribution in [0.15, 0.2) is 77.4 Å². The van der Waals surface area contributed by atoms with Gasteiger partial charge in [-0.1, -0.05) is 54.1 Å². The predicted molar refractivity (Wildman–Crippen MR) is 147 cm³/mol. The standard InChI is InChI=1S/C32H35NO3/c1-35-30-16-15-26(22-31(30)36-2)29(34)12-7-19-33-20-17-25(18-21-33)32-27-10-5-3-8-23(27)13-14-24-9-4-6-11-28(24)32/h3-5,8-10,13-16,22H,6-7,11-12,17-21H2,1-2H3. The van der Waals surface area contributed by atoms with Gasteiger partial charge in [0, 0.05) is 25.1 Å². The van der Waals surface area contributed by atoms with E-state index < -0.39 is 0 Å². The van der Waals surface area contributed by atoms with Gasteiger partial charge in [0.05, 0.1) is 14.2 Å². The second-order valence-corrected chi connectivity index (χ2v) is 9.71. The number of benzene rings is 2. The number of ether oxygens (including phenoxy) is 2. The predicted octanol–water partition coefficient (Wildman–Crippen LogP) is 6.89. The third kappa shape index (κ3) is 5.10. The first-order valence-electron chi connectivity index (χ1n) is 13.0. The molecular formula is C32H35NO3. The normalized spacial score (nSPS) is 17.5. The van der Waals surface area contributed by atoms with Crippen molar-refractivity contribution in [3.8, 4) is 11.5 Å². The van der Waals surface area contributed by atoms with Crippen LogP contribution in [-0.2, 0) is 0 Å². The fourth-order valence-electron chi connectivity index (χ4n) is 5.64. The number of fused-ring (bicyclic) bond motifs is 1. The molecule has 0 N–H and O–H groups in total. The highest BCUT2D eigenvalue weighted by molar-refractivity contribution is 5.96. The van der Waals surface area contributed by atoms with Crippen LogP contribution in [-0.4, -0.2) is 44.5 Å². The number of rotatable bonds is 7. The smallest absolute Gasteiger partial charge is 0.163 e. The molecule has 1 fully saturated rings. The molecule has 1 saturated heterocycles. The number of hydrogen-bond donors (Lipinski definition) is 0. The summed E-state index contributed by atoms with van der Waals surface area (Å²) in [7, 11) is 3.20. The minimum Gasteiger partial charge on any atom is -0.493 e. The summed E-state index contributed by atoms with van der Waals surface area (Å²) in [6.45, 7) is 3.06. The molecule has 0 aromatic heterocycles. The second kappa shape index (κ2) is 11.1. The Labute approximate surface area is 214 Å². The molecule has 4 heteroatoms. The fraction of sp³-hybridized carbons (Fsp3) is 0.344. The molecule has 2 aromatic carbocycles. The highest BCUT2D eigenvalue weighted by atomic mass is 16.5. The third-order valence-electron chi connectivity index (χ3n) is 7.58. The number of Topliss-reactive ketones (excluding diaryl/α,β-unsaturated/α-hetero) is 1. The van der Waals surface area contributed by atoms with Crippen LogP contribution in [0.2, 0.25) is 0 Å². The lowest BCUT2D eigenvalue weighted by atomic mass is 9.82. The molecule has 0 unspecified atom stereocenters. The topological polar surface area (TPSA) is 38.8 Å². The number of carbonyl (C=O) groups is 1. The molecule has 36 heavy (non-hydrogen) atoms. The molecule has 0 spiro atoms. The maximum atomic E-state index is 12.8. The van der Waals surface area contributed by atoms with Gasteiger partial charge in [0.25, 0.3) is 0 Å². The van der Waals surface area contributed by atoms with Crippen molar-refractivity contribution in [2.24, 2.45) is 0 Å². The molecule has 5 rings (SSSR count). The summed E-state index contributed by atoms with van der Waals surface area (Å²) < 4.78 is 10.6. The van der Waals surface area contributed by atoms with Gasteiger partial charge in [-0.15, -0.1) is 0 Å². The van der Waals surface area contributed by atoms with E-state index >= 15 is 0 Å². The molecule has 3 aliphatic rings. The van der Waals surface area contributed by atoms with Gasteiger partial charge in [-0.2, -0.15) is 0 Å². The summed E-state index contributed by atoms with van der Waals surface area (Å²) in [5.41, 5.74) is 9.37. The highest BCUT2D eigenvalue weighted by Crippen LogP contribution is 2.41. The van der Waals surface area contributed by atoms with Gasteiger partial charge >= 0.3 is 0 Å². The summed E-state index contributed by atoms with van der Waals surface area (Å²) in [5.74, 6) is 1.40. The Kier molecular flexibility index (Phi) is 7.52. The Balaban J connectivity index is 1.23. The Morgan fingerprint density at radius 1 is 0.917 bits per heavy atom. The molecule has 1 aliphatic heterocycles. The number of allylic oxidation sites excluding steroid dienone is 6. The van der Waals surface area contributed by atoms with E-state index in [-0.39, 0.29) is 5.78 Å². The summed E-state index contributed by atoms with van der Waals surface area (Å²) >= 11 is 0. The van der Waals surface area contributed by atoms with Crippen LogP contribution in [0.1, 0.15) is 60.0 Å². The first kappa shape index (κ1) is 24.3. The Morgan fingerprint density at radius 3 is 2.53 bits per heavy atom. The number of hydrogen-bond acceptors (Lipinski definition) is 4. The molecule has 0 bridgehead atoms. The van der Waals surface area contributed by atoms with Crippen molar-refractivity contribution < 1.29 is 14.3 Å². The van der Waals surface area contributed by atoms with Gasteiger partial charge in [0.15, 0.2) is 17.3 Å². The summed E-state index contributed by atoms with van der Waals surface area (Å²) in [4.78, 5) is 15.3. The van der Waals surface area contributed by atoms with Crippen molar-refractivity contribution in [1.29, 1.82) is 0 Å². The average Bonchev–Trinajstić information content (AvgIpc) is 3.10. The number of piperidine rings is 1. The fourth-order valence-corrected chi connectivity index (χ4v) is 5.64. The monoisotopic (exact) mass is 481 g/mol. The van der Waals surface area contributed by atoms with Crippen molar-refractivity contribution >= 4 is 17.4 Å². The zero-order valence-electron chi connectivity index (χ0n) is 21.4. The zero-order valence-corrected chi connectivity index (χ0v) is 21.4. The summed E-state index contributed by atoms with van der Waals surface area (Å²) in [6, 6.07) is 14.2. The van der Waals surface area contributed by atoms with E-state index in [2.05, 4.69) is 53.5 Å². The van der Waals surface area contributed by atoms with Crippen LogP contribution in [0.5, 0.6) is 11.5 Å². The number of ketones is 1. The van der Waals surface area contributed by atoms with E-state index in [9.17, 15) is 4.79 Å². The molecule has 2 aliphatic carbocycles. The molecule has 1 heterocycles. The van der Waals surface area contributed by atoms with Gasteiger partial charge in [0.1, 0.15) is 0 Å². The molecule has 186 valence electrons. The maximum Gasteiger partial charge on any atom is 0.163 e. The first-order valence-corrected chi connectivity index (χ1v) is 13.0. The lowest BCUT2D eigenvalue weighted by molar-refractivity contribution is 0.0973. The molecule has 0 radical (unpaired) electrons. The van der Waals surface area contributed by atoms with E-state index in [1.54, 1.807) is 31.9 Å². The molecule has 4 nitrogen and oxygen atoms in total. The van der Waals surface area contributed by atoms with Crippen molar-refractivity contribution in [2.45, 2.75) is 38.5 Å². The van der Waals surface area contributed by atoms with E-state index in [4.69, 9.17) is 9.47 Å². The lowest BCUT2D eigenvalue weighted by Gasteiger charge is -2.31. The van der Waals surface area contributed by atoms with E-state index in [1.807, 2.05) is 6.07 Å². The van der Waals surface area contributed by atoms with Crippen LogP contribution in [0, 0.1) is 0 Å². The van der Waals surface area contributed by atoms with Crippen LogP contribution >= 0.6 is 0 Å². The van der Waals surface area contributed by atoms with E-state index in [0.29, 0.717) is 23.5 Å². The van der Waals surface area contributed by atoms with Crippen LogP contribution in [0.4, 0.5) is 0 Å². The number of nitrogens with zero attached hydrogens (tertiary/aromatic N) is 1. The SMILES string of the molecule is COc1ccc(C(=O)CCCN2CCC(=C3C4=C(C=CCC4)C=Cc4ccccc43)CC2)cc1OC. The van der Waals surface area contributed by atoms with Crippen LogP contribution < -0.4 is 9.47 Å². The van der Waals surface area contributed by atoms with Gasteiger partial charge in [-0.05, 0) is 84.7 Å². The van der Waals surface area contributed by atoms with Gasteiger partial charge in [0.2, 0.25) is 0 Å². The maximum absolute atomic E-state index is 12.8.